The molecule has 2 aromatic rings. The Morgan fingerprint density at radius 3 is 2.16 bits per heavy atom. The fourth-order valence-corrected chi connectivity index (χ4v) is 2.87. The largest absolute Gasteiger partial charge is 0.446 e. The van der Waals surface area contributed by atoms with Crippen LogP contribution in [0.15, 0.2) is 47.4 Å². The van der Waals surface area contributed by atoms with Crippen molar-refractivity contribution in [2.75, 3.05) is 10.6 Å². The molecule has 0 unspecified atom stereocenters. The summed E-state index contributed by atoms with van der Waals surface area (Å²) in [5, 5.41) is 5.85. The number of thioether (sulfide) groups is 1. The topological polar surface area (TPSA) is 67.2 Å². The molecule has 0 saturated carbocycles. The van der Waals surface area contributed by atoms with Crippen molar-refractivity contribution in [1.29, 1.82) is 0 Å². The molecule has 1 amide bonds. The lowest BCUT2D eigenvalue weighted by Gasteiger charge is -2.13. The van der Waals surface area contributed by atoms with Crippen LogP contribution in [-0.4, -0.2) is 16.5 Å². The summed E-state index contributed by atoms with van der Waals surface area (Å²) in [6.45, 7) is 0. The maximum Gasteiger partial charge on any atom is 0.446 e. The number of primary amides is 1. The second-order valence-corrected chi connectivity index (χ2v) is 6.64. The Labute approximate surface area is 155 Å². The van der Waals surface area contributed by atoms with E-state index >= 15 is 0 Å². The molecule has 0 heterocycles. The van der Waals surface area contributed by atoms with Crippen molar-refractivity contribution >= 4 is 58.0 Å². The van der Waals surface area contributed by atoms with E-state index in [1.165, 1.54) is 30.3 Å². The number of thiocarbonyl (C=S) groups is 1. The first-order valence-corrected chi connectivity index (χ1v) is 8.27. The van der Waals surface area contributed by atoms with Crippen LogP contribution in [0.5, 0.6) is 0 Å². The number of carbonyl (C=O) groups is 1. The average molecular weight is 406 g/mol. The van der Waals surface area contributed by atoms with Gasteiger partial charge in [0.15, 0.2) is 5.11 Å². The number of amides is 1. The number of anilines is 2. The van der Waals surface area contributed by atoms with E-state index in [1.54, 1.807) is 12.1 Å². The third-order valence-electron chi connectivity index (χ3n) is 2.84. The zero-order valence-electron chi connectivity index (χ0n) is 12.4. The van der Waals surface area contributed by atoms with Gasteiger partial charge in [-0.15, -0.1) is 0 Å². The predicted octanol–water partition coefficient (Wildman–Crippen LogP) is 4.86. The quantitative estimate of drug-likeness (QED) is 0.500. The highest BCUT2D eigenvalue weighted by Crippen LogP contribution is 2.40. The van der Waals surface area contributed by atoms with Crippen molar-refractivity contribution in [3.8, 4) is 0 Å². The van der Waals surface area contributed by atoms with E-state index in [0.717, 1.165) is 0 Å². The van der Waals surface area contributed by atoms with E-state index < -0.39 is 11.4 Å². The van der Waals surface area contributed by atoms with E-state index in [2.05, 4.69) is 10.6 Å². The number of hydrogen-bond acceptors (Lipinski definition) is 3. The molecule has 4 nitrogen and oxygen atoms in total. The fraction of sp³-hybridized carbons (Fsp3) is 0.0667. The molecule has 25 heavy (non-hydrogen) atoms. The minimum absolute atomic E-state index is 0.0408. The Bertz CT molecular complexity index is 798. The molecule has 2 aromatic carbocycles. The summed E-state index contributed by atoms with van der Waals surface area (Å²) in [4.78, 5) is 10.9. The van der Waals surface area contributed by atoms with Gasteiger partial charge in [-0.25, -0.2) is 0 Å². The van der Waals surface area contributed by atoms with Crippen molar-refractivity contribution in [1.82, 2.24) is 0 Å². The molecule has 0 aliphatic heterocycles. The van der Waals surface area contributed by atoms with Crippen LogP contribution in [0.25, 0.3) is 0 Å². The second-order valence-electron chi connectivity index (χ2n) is 4.71. The Morgan fingerprint density at radius 1 is 1.08 bits per heavy atom. The van der Waals surface area contributed by atoms with Gasteiger partial charge in [0.25, 0.3) is 0 Å². The van der Waals surface area contributed by atoms with E-state index in [1.807, 2.05) is 0 Å². The molecular weight excluding hydrogens is 395 g/mol. The van der Waals surface area contributed by atoms with Gasteiger partial charge in [-0.1, -0.05) is 11.6 Å². The first-order chi connectivity index (χ1) is 11.6. The highest BCUT2D eigenvalue weighted by molar-refractivity contribution is 8.00. The predicted molar refractivity (Wildman–Crippen MR) is 98.2 cm³/mol. The van der Waals surface area contributed by atoms with Crippen LogP contribution in [0.4, 0.5) is 24.5 Å². The summed E-state index contributed by atoms with van der Waals surface area (Å²) in [6.07, 6.45) is 0. The average Bonchev–Trinajstić information content (AvgIpc) is 2.49. The maximum atomic E-state index is 12.4. The number of rotatable bonds is 4. The van der Waals surface area contributed by atoms with Gasteiger partial charge >= 0.3 is 5.51 Å². The molecule has 0 atom stereocenters. The molecular formula is C15H11ClF3N3OS2. The van der Waals surface area contributed by atoms with Crippen LogP contribution in [0, 0.1) is 0 Å². The van der Waals surface area contributed by atoms with Gasteiger partial charge in [0, 0.05) is 21.8 Å². The first-order valence-electron chi connectivity index (χ1n) is 6.67. The van der Waals surface area contributed by atoms with Crippen LogP contribution in [-0.2, 0) is 0 Å². The number of benzene rings is 2. The van der Waals surface area contributed by atoms with Crippen LogP contribution >= 0.6 is 35.6 Å². The van der Waals surface area contributed by atoms with Gasteiger partial charge < -0.3 is 16.4 Å². The van der Waals surface area contributed by atoms with E-state index in [-0.39, 0.29) is 26.8 Å². The van der Waals surface area contributed by atoms with Crippen molar-refractivity contribution in [3.63, 3.8) is 0 Å². The molecule has 0 radical (unpaired) electrons. The first kappa shape index (κ1) is 19.4. The van der Waals surface area contributed by atoms with Crippen LogP contribution < -0.4 is 16.4 Å². The van der Waals surface area contributed by atoms with Crippen molar-refractivity contribution < 1.29 is 18.0 Å². The lowest BCUT2D eigenvalue weighted by molar-refractivity contribution is -0.0328. The normalized spacial score (nSPS) is 11.0. The molecule has 0 bridgehead atoms. The van der Waals surface area contributed by atoms with Gasteiger partial charge in [-0.2, -0.15) is 13.2 Å². The Morgan fingerprint density at radius 2 is 1.64 bits per heavy atom. The summed E-state index contributed by atoms with van der Waals surface area (Å²) in [6, 6.07) is 10.3. The van der Waals surface area contributed by atoms with E-state index in [9.17, 15) is 18.0 Å². The van der Waals surface area contributed by atoms with Gasteiger partial charge in [0.1, 0.15) is 0 Å². The monoisotopic (exact) mass is 405 g/mol. The maximum absolute atomic E-state index is 12.4. The smallest absolute Gasteiger partial charge is 0.366 e. The molecule has 4 N–H and O–H groups in total. The van der Waals surface area contributed by atoms with Crippen molar-refractivity contribution in [3.05, 3.63) is 53.1 Å². The molecule has 0 saturated heterocycles. The molecule has 0 spiro atoms. The Balaban J connectivity index is 2.00. The third kappa shape index (κ3) is 6.11. The molecule has 10 heteroatoms. The minimum atomic E-state index is -4.41. The second kappa shape index (κ2) is 7.94. The van der Waals surface area contributed by atoms with Crippen LogP contribution in [0.2, 0.25) is 5.02 Å². The third-order valence-corrected chi connectivity index (χ3v) is 4.28. The van der Waals surface area contributed by atoms with Gasteiger partial charge in [0.2, 0.25) is 5.91 Å². The number of nitrogens with two attached hydrogens (primary N) is 1. The molecule has 0 aliphatic rings. The van der Waals surface area contributed by atoms with Gasteiger partial charge in [-0.3, -0.25) is 4.79 Å². The molecule has 2 rings (SSSR count). The van der Waals surface area contributed by atoms with Crippen molar-refractivity contribution in [2.45, 2.75) is 10.4 Å². The van der Waals surface area contributed by atoms with E-state index in [4.69, 9.17) is 29.6 Å². The van der Waals surface area contributed by atoms with Crippen LogP contribution in [0.1, 0.15) is 10.4 Å². The van der Waals surface area contributed by atoms with E-state index in [0.29, 0.717) is 16.9 Å². The summed E-state index contributed by atoms with van der Waals surface area (Å²) >= 11 is 10.7. The number of nitrogens with one attached hydrogen (secondary N) is 2. The fourth-order valence-electron chi connectivity index (χ4n) is 1.80. The van der Waals surface area contributed by atoms with Gasteiger partial charge in [0.05, 0.1) is 5.02 Å². The zero-order chi connectivity index (χ0) is 18.6. The number of halogens is 4. The van der Waals surface area contributed by atoms with Crippen molar-refractivity contribution in [2.24, 2.45) is 5.73 Å². The number of alkyl halides is 3. The molecule has 0 fully saturated rings. The molecule has 132 valence electrons. The highest BCUT2D eigenvalue weighted by Gasteiger charge is 2.30. The summed E-state index contributed by atoms with van der Waals surface area (Å²) < 4.78 is 37.1. The SMILES string of the molecule is NC(=O)c1ccc(NC(=S)Nc2ccc(SC(F)(F)F)c(Cl)c2)cc1. The standard InChI is InChI=1S/C15H11ClF3N3OS2/c16-11-7-10(5-6-12(11)25-15(17,18)19)22-14(24)21-9-3-1-8(2-4-9)13(20)23/h1-7H,(H2,20,23)(H2,21,22,24). The highest BCUT2D eigenvalue weighted by atomic mass is 35.5. The minimum Gasteiger partial charge on any atom is -0.366 e. The summed E-state index contributed by atoms with van der Waals surface area (Å²) in [5.74, 6) is -0.543. The van der Waals surface area contributed by atoms with Gasteiger partial charge in [-0.05, 0) is 66.4 Å². The number of hydrogen-bond donors (Lipinski definition) is 3. The number of carbonyl (C=O) groups excluding carboxylic acids is 1. The lowest BCUT2D eigenvalue weighted by atomic mass is 10.2. The zero-order valence-corrected chi connectivity index (χ0v) is 14.7. The summed E-state index contributed by atoms with van der Waals surface area (Å²) in [5.41, 5.74) is 2.14. The lowest BCUT2D eigenvalue weighted by Crippen LogP contribution is -2.19. The van der Waals surface area contributed by atoms with Crippen LogP contribution in [0.3, 0.4) is 0 Å². The molecule has 0 aromatic heterocycles. The Hall–Kier alpha value is -1.97. The summed E-state index contributed by atoms with van der Waals surface area (Å²) in [7, 11) is 0. The molecule has 0 aliphatic carbocycles. The Kier molecular flexibility index (Phi) is 6.15.